The third-order valence-electron chi connectivity index (χ3n) is 2.84. The van der Waals surface area contributed by atoms with Crippen LogP contribution in [0.15, 0.2) is 45.5 Å². The second kappa shape index (κ2) is 5.05. The molecule has 0 saturated carbocycles. The van der Waals surface area contributed by atoms with Gasteiger partial charge in [0.2, 0.25) is 5.82 Å². The lowest BCUT2D eigenvalue weighted by Gasteiger charge is -1.94. The van der Waals surface area contributed by atoms with Gasteiger partial charge >= 0.3 is 0 Å². The summed E-state index contributed by atoms with van der Waals surface area (Å²) in [6, 6.07) is 9.39. The molecular weight excluding hydrogens is 254 g/mol. The Labute approximate surface area is 115 Å². The molecule has 0 aliphatic heterocycles. The Balaban J connectivity index is 1.83. The van der Waals surface area contributed by atoms with Gasteiger partial charge in [-0.15, -0.1) is 0 Å². The van der Waals surface area contributed by atoms with E-state index in [1.165, 1.54) is 0 Å². The highest BCUT2D eigenvalue weighted by molar-refractivity contribution is 5.68. The Bertz CT molecular complexity index is 756. The van der Waals surface area contributed by atoms with Gasteiger partial charge in [-0.1, -0.05) is 17.3 Å². The predicted molar refractivity (Wildman–Crippen MR) is 76.5 cm³/mol. The molecule has 0 aliphatic carbocycles. The molecule has 2 N–H and O–H groups in total. The van der Waals surface area contributed by atoms with Crippen LogP contribution in [0.1, 0.15) is 17.0 Å². The van der Waals surface area contributed by atoms with Crippen LogP contribution >= 0.6 is 0 Å². The molecular formula is C15H13N3O2. The molecule has 1 aromatic carbocycles. The van der Waals surface area contributed by atoms with E-state index in [4.69, 9.17) is 14.7 Å². The van der Waals surface area contributed by atoms with Crippen LogP contribution in [0.4, 0.5) is 5.69 Å². The number of aryl methyl sites for hydroxylation is 1. The SMILES string of the molecule is Cc1ccoc1-c1noc(/C=C/c2cccc(N)c2)n1. The standard InChI is InChI=1S/C15H13N3O2/c1-10-7-8-19-14(10)15-17-13(20-18-15)6-5-11-3-2-4-12(16)9-11/h2-9H,16H2,1H3/b6-5+. The number of rotatable bonds is 3. The van der Waals surface area contributed by atoms with Crippen molar-refractivity contribution in [1.82, 2.24) is 10.1 Å². The molecule has 3 rings (SSSR count). The molecule has 5 heteroatoms. The van der Waals surface area contributed by atoms with E-state index in [-0.39, 0.29) is 0 Å². The minimum Gasteiger partial charge on any atom is -0.461 e. The van der Waals surface area contributed by atoms with E-state index in [1.54, 1.807) is 12.3 Å². The van der Waals surface area contributed by atoms with Crippen LogP contribution in [0, 0.1) is 6.92 Å². The predicted octanol–water partition coefficient (Wildman–Crippen LogP) is 3.39. The fourth-order valence-electron chi connectivity index (χ4n) is 1.83. The van der Waals surface area contributed by atoms with Gasteiger partial charge in [0.15, 0.2) is 5.76 Å². The van der Waals surface area contributed by atoms with Crippen molar-refractivity contribution in [2.75, 3.05) is 5.73 Å². The molecule has 2 heterocycles. The van der Waals surface area contributed by atoms with E-state index in [2.05, 4.69) is 10.1 Å². The number of nitrogens with two attached hydrogens (primary N) is 1. The summed E-state index contributed by atoms with van der Waals surface area (Å²) in [4.78, 5) is 4.26. The number of aromatic nitrogens is 2. The molecule has 0 unspecified atom stereocenters. The van der Waals surface area contributed by atoms with E-state index >= 15 is 0 Å². The molecule has 0 radical (unpaired) electrons. The van der Waals surface area contributed by atoms with Crippen LogP contribution in [0.25, 0.3) is 23.7 Å². The van der Waals surface area contributed by atoms with Crippen molar-refractivity contribution < 1.29 is 8.94 Å². The summed E-state index contributed by atoms with van der Waals surface area (Å²) in [5, 5.41) is 3.89. The number of nitrogens with zero attached hydrogens (tertiary/aromatic N) is 2. The second-order valence-electron chi connectivity index (χ2n) is 4.39. The number of nitrogen functional groups attached to an aromatic ring is 1. The lowest BCUT2D eigenvalue weighted by Crippen LogP contribution is -1.83. The lowest BCUT2D eigenvalue weighted by atomic mass is 10.2. The van der Waals surface area contributed by atoms with Gasteiger partial charge in [-0.05, 0) is 42.3 Å². The summed E-state index contributed by atoms with van der Waals surface area (Å²) in [5.41, 5.74) is 8.37. The first-order chi connectivity index (χ1) is 9.72. The summed E-state index contributed by atoms with van der Waals surface area (Å²) in [6.07, 6.45) is 5.20. The zero-order chi connectivity index (χ0) is 13.9. The highest BCUT2D eigenvalue weighted by Crippen LogP contribution is 2.21. The Kier molecular flexibility index (Phi) is 3.09. The van der Waals surface area contributed by atoms with Crippen molar-refractivity contribution in [2.24, 2.45) is 0 Å². The first kappa shape index (κ1) is 12.2. The molecule has 0 amide bonds. The average Bonchev–Trinajstić information content (AvgIpc) is 3.05. The molecule has 0 fully saturated rings. The van der Waals surface area contributed by atoms with Crippen LogP contribution < -0.4 is 5.73 Å². The summed E-state index contributed by atoms with van der Waals surface area (Å²) in [7, 11) is 0. The van der Waals surface area contributed by atoms with Crippen molar-refractivity contribution in [3.63, 3.8) is 0 Å². The Morgan fingerprint density at radius 3 is 2.85 bits per heavy atom. The van der Waals surface area contributed by atoms with Crippen molar-refractivity contribution >= 4 is 17.8 Å². The second-order valence-corrected chi connectivity index (χ2v) is 4.39. The fraction of sp³-hybridized carbons (Fsp3) is 0.0667. The molecule has 0 atom stereocenters. The van der Waals surface area contributed by atoms with Gasteiger partial charge in [0.1, 0.15) is 0 Å². The molecule has 2 aromatic heterocycles. The maximum atomic E-state index is 5.71. The highest BCUT2D eigenvalue weighted by atomic mass is 16.5. The first-order valence-electron chi connectivity index (χ1n) is 6.14. The molecule has 20 heavy (non-hydrogen) atoms. The third kappa shape index (κ3) is 2.47. The number of hydrogen-bond acceptors (Lipinski definition) is 5. The topological polar surface area (TPSA) is 78.1 Å². The minimum absolute atomic E-state index is 0.415. The largest absolute Gasteiger partial charge is 0.461 e. The third-order valence-corrected chi connectivity index (χ3v) is 2.84. The zero-order valence-electron chi connectivity index (χ0n) is 10.9. The van der Waals surface area contributed by atoms with Gasteiger partial charge in [0, 0.05) is 11.8 Å². The lowest BCUT2D eigenvalue weighted by molar-refractivity contribution is 0.409. The molecule has 3 aromatic rings. The van der Waals surface area contributed by atoms with Crippen molar-refractivity contribution in [1.29, 1.82) is 0 Å². The number of furan rings is 1. The Morgan fingerprint density at radius 1 is 1.20 bits per heavy atom. The van der Waals surface area contributed by atoms with Gasteiger partial charge in [-0.3, -0.25) is 0 Å². The monoisotopic (exact) mass is 267 g/mol. The van der Waals surface area contributed by atoms with E-state index in [9.17, 15) is 0 Å². The van der Waals surface area contributed by atoms with Crippen LogP contribution in [-0.2, 0) is 0 Å². The molecule has 0 saturated heterocycles. The Hall–Kier alpha value is -2.82. The maximum Gasteiger partial charge on any atom is 0.251 e. The molecule has 0 bridgehead atoms. The number of hydrogen-bond donors (Lipinski definition) is 1. The van der Waals surface area contributed by atoms with Crippen molar-refractivity contribution in [3.8, 4) is 11.6 Å². The van der Waals surface area contributed by atoms with Gasteiger partial charge < -0.3 is 14.7 Å². The van der Waals surface area contributed by atoms with E-state index in [0.717, 1.165) is 11.1 Å². The first-order valence-corrected chi connectivity index (χ1v) is 6.14. The normalized spacial score (nSPS) is 11.2. The van der Waals surface area contributed by atoms with E-state index < -0.39 is 0 Å². The van der Waals surface area contributed by atoms with Crippen molar-refractivity contribution in [2.45, 2.75) is 6.92 Å². The quantitative estimate of drug-likeness (QED) is 0.736. The summed E-state index contributed by atoms with van der Waals surface area (Å²) in [5.74, 6) is 1.48. The number of anilines is 1. The maximum absolute atomic E-state index is 5.71. The summed E-state index contributed by atoms with van der Waals surface area (Å²) < 4.78 is 10.5. The van der Waals surface area contributed by atoms with E-state index in [0.29, 0.717) is 23.2 Å². The van der Waals surface area contributed by atoms with Crippen LogP contribution in [0.2, 0.25) is 0 Å². The minimum atomic E-state index is 0.415. The van der Waals surface area contributed by atoms with Gasteiger partial charge in [-0.25, -0.2) is 0 Å². The van der Waals surface area contributed by atoms with Gasteiger partial charge in [-0.2, -0.15) is 4.98 Å². The molecule has 0 spiro atoms. The fourth-order valence-corrected chi connectivity index (χ4v) is 1.83. The molecule has 5 nitrogen and oxygen atoms in total. The average molecular weight is 267 g/mol. The Morgan fingerprint density at radius 2 is 2.10 bits per heavy atom. The van der Waals surface area contributed by atoms with E-state index in [1.807, 2.05) is 43.3 Å². The summed E-state index contributed by atoms with van der Waals surface area (Å²) in [6.45, 7) is 1.93. The molecule has 100 valence electrons. The molecule has 0 aliphatic rings. The van der Waals surface area contributed by atoms with Crippen LogP contribution in [-0.4, -0.2) is 10.1 Å². The smallest absolute Gasteiger partial charge is 0.251 e. The zero-order valence-corrected chi connectivity index (χ0v) is 10.9. The number of benzene rings is 1. The van der Waals surface area contributed by atoms with Crippen LogP contribution in [0.5, 0.6) is 0 Å². The highest BCUT2D eigenvalue weighted by Gasteiger charge is 2.12. The van der Waals surface area contributed by atoms with Gasteiger partial charge in [0.25, 0.3) is 5.89 Å². The van der Waals surface area contributed by atoms with Crippen molar-refractivity contribution in [3.05, 3.63) is 53.6 Å². The van der Waals surface area contributed by atoms with Crippen LogP contribution in [0.3, 0.4) is 0 Å². The summed E-state index contributed by atoms with van der Waals surface area (Å²) >= 11 is 0. The van der Waals surface area contributed by atoms with Gasteiger partial charge in [0.05, 0.1) is 6.26 Å².